The molecule has 0 bridgehead atoms. The second-order valence-corrected chi connectivity index (χ2v) is 2.16. The first-order valence-electron chi connectivity index (χ1n) is 2.95. The molecule has 0 aliphatic carbocycles. The Balaban J connectivity index is 2.53. The molecule has 0 aliphatic heterocycles. The lowest BCUT2D eigenvalue weighted by Crippen LogP contribution is -2.03. The van der Waals surface area contributed by atoms with Gasteiger partial charge in [0.2, 0.25) is 0 Å². The van der Waals surface area contributed by atoms with Gasteiger partial charge in [-0.3, -0.25) is 0 Å². The van der Waals surface area contributed by atoms with E-state index in [1.165, 1.54) is 12.8 Å². The Kier molecular flexibility index (Phi) is 7.52. The minimum Gasteiger partial charge on any atom is -0.317 e. The Hall–Kier alpha value is 0.270. The Morgan fingerprint density at radius 3 is 2.75 bits per heavy atom. The van der Waals surface area contributed by atoms with Gasteiger partial charge in [0.25, 0.3) is 0 Å². The summed E-state index contributed by atoms with van der Waals surface area (Å²) in [6.45, 7) is 3.07. The summed E-state index contributed by atoms with van der Waals surface area (Å²) < 4.78 is 10.9. The topological polar surface area (TPSA) is 32.3 Å². The fourth-order valence-corrected chi connectivity index (χ4v) is 0.728. The van der Waals surface area contributed by atoms with Crippen molar-refractivity contribution in [1.82, 2.24) is 4.72 Å². The zero-order chi connectivity index (χ0) is 6.24. The summed E-state index contributed by atoms with van der Waals surface area (Å²) in [7, 11) is 0. The molecule has 0 heterocycles. The zero-order valence-corrected chi connectivity index (χ0v) is 6.00. The van der Waals surface area contributed by atoms with Crippen LogP contribution < -0.4 is 4.72 Å². The van der Waals surface area contributed by atoms with Crippen LogP contribution in [-0.4, -0.2) is 11.1 Å². The molecule has 0 spiro atoms. The highest BCUT2D eigenvalue weighted by molar-refractivity contribution is 7.91. The summed E-state index contributed by atoms with van der Waals surface area (Å²) in [6, 6.07) is 0. The van der Waals surface area contributed by atoms with Crippen LogP contribution in [0.15, 0.2) is 0 Å². The molecule has 3 heteroatoms. The smallest absolute Gasteiger partial charge is 0.0759 e. The minimum absolute atomic E-state index is 0.702. The van der Waals surface area contributed by atoms with Crippen molar-refractivity contribution in [2.75, 3.05) is 6.54 Å². The lowest BCUT2D eigenvalue weighted by Gasteiger charge is -1.95. The zero-order valence-electron chi connectivity index (χ0n) is 5.18. The highest BCUT2D eigenvalue weighted by atomic mass is 32.2. The molecule has 50 valence electrons. The highest BCUT2D eigenvalue weighted by Crippen LogP contribution is 1.92. The van der Waals surface area contributed by atoms with Crippen LogP contribution in [0.4, 0.5) is 0 Å². The average Bonchev–Trinajstić information content (AvgIpc) is 1.81. The first kappa shape index (κ1) is 8.27. The Labute approximate surface area is 55.0 Å². The van der Waals surface area contributed by atoms with Gasteiger partial charge in [0.1, 0.15) is 0 Å². The highest BCUT2D eigenvalue weighted by Gasteiger charge is 1.82. The lowest BCUT2D eigenvalue weighted by molar-refractivity contribution is 0.637. The van der Waals surface area contributed by atoms with Gasteiger partial charge < -0.3 is 4.55 Å². The minimum atomic E-state index is 0.702. The number of unbranched alkanes of at least 4 members (excludes halogenated alkanes) is 2. The quantitative estimate of drug-likeness (QED) is 0.343. The normalized spacial score (nSPS) is 9.75. The van der Waals surface area contributed by atoms with E-state index < -0.39 is 0 Å². The Morgan fingerprint density at radius 1 is 1.50 bits per heavy atom. The van der Waals surface area contributed by atoms with E-state index in [1.807, 2.05) is 0 Å². The second kappa shape index (κ2) is 7.27. The van der Waals surface area contributed by atoms with Gasteiger partial charge in [-0.2, -0.15) is 0 Å². The van der Waals surface area contributed by atoms with Gasteiger partial charge in [-0.15, -0.1) is 0 Å². The fourth-order valence-electron chi connectivity index (χ4n) is 0.493. The monoisotopic (exact) mass is 135 g/mol. The third kappa shape index (κ3) is 6.27. The van der Waals surface area contributed by atoms with Crippen molar-refractivity contribution >= 4 is 12.2 Å². The van der Waals surface area contributed by atoms with Crippen molar-refractivity contribution in [3.63, 3.8) is 0 Å². The van der Waals surface area contributed by atoms with Crippen LogP contribution in [0.3, 0.4) is 0 Å². The van der Waals surface area contributed by atoms with E-state index in [0.717, 1.165) is 13.0 Å². The third-order valence-corrected chi connectivity index (χ3v) is 1.28. The van der Waals surface area contributed by atoms with Crippen molar-refractivity contribution in [3.8, 4) is 0 Å². The van der Waals surface area contributed by atoms with Crippen molar-refractivity contribution < 1.29 is 4.55 Å². The third-order valence-electron chi connectivity index (χ3n) is 0.947. The number of nitrogens with one attached hydrogen (secondary N) is 1. The summed E-state index contributed by atoms with van der Waals surface area (Å²) >= 11 is 0.702. The number of rotatable bonds is 5. The van der Waals surface area contributed by atoms with E-state index in [9.17, 15) is 0 Å². The van der Waals surface area contributed by atoms with Crippen LogP contribution >= 0.6 is 12.2 Å². The SMILES string of the molecule is CCCCCNSO. The van der Waals surface area contributed by atoms with Crippen LogP contribution in [0.2, 0.25) is 0 Å². The molecule has 2 nitrogen and oxygen atoms in total. The molecule has 0 aromatic carbocycles. The van der Waals surface area contributed by atoms with E-state index >= 15 is 0 Å². The Bertz CT molecular complexity index is 37.4. The summed E-state index contributed by atoms with van der Waals surface area (Å²) in [4.78, 5) is 0. The van der Waals surface area contributed by atoms with Crippen molar-refractivity contribution in [1.29, 1.82) is 0 Å². The molecule has 0 saturated heterocycles. The standard InChI is InChI=1S/C5H13NOS/c1-2-3-4-5-6-8-7/h6-7H,2-5H2,1H3. The molecule has 0 amide bonds. The summed E-state index contributed by atoms with van der Waals surface area (Å²) in [6.07, 6.45) is 3.63. The summed E-state index contributed by atoms with van der Waals surface area (Å²) in [5.41, 5.74) is 0. The van der Waals surface area contributed by atoms with Gasteiger partial charge >= 0.3 is 0 Å². The fraction of sp³-hybridized carbons (Fsp3) is 1.00. The molecule has 2 N–H and O–H groups in total. The van der Waals surface area contributed by atoms with E-state index in [1.54, 1.807) is 0 Å². The van der Waals surface area contributed by atoms with E-state index in [-0.39, 0.29) is 0 Å². The van der Waals surface area contributed by atoms with Crippen LogP contribution in [0.5, 0.6) is 0 Å². The predicted molar refractivity (Wildman–Crippen MR) is 37.7 cm³/mol. The van der Waals surface area contributed by atoms with Crippen LogP contribution in [0.1, 0.15) is 26.2 Å². The molecule has 0 aliphatic rings. The first-order chi connectivity index (χ1) is 3.91. The summed E-state index contributed by atoms with van der Waals surface area (Å²) in [5.74, 6) is 0. The summed E-state index contributed by atoms with van der Waals surface area (Å²) in [5, 5.41) is 0. The Morgan fingerprint density at radius 2 is 2.25 bits per heavy atom. The van der Waals surface area contributed by atoms with Crippen molar-refractivity contribution in [2.45, 2.75) is 26.2 Å². The molecule has 8 heavy (non-hydrogen) atoms. The molecule has 0 atom stereocenters. The van der Waals surface area contributed by atoms with Gasteiger partial charge in [0.05, 0.1) is 12.2 Å². The van der Waals surface area contributed by atoms with E-state index in [4.69, 9.17) is 4.55 Å². The molecule has 0 unspecified atom stereocenters. The predicted octanol–water partition coefficient (Wildman–Crippen LogP) is 1.89. The molecule has 0 rings (SSSR count). The maximum Gasteiger partial charge on any atom is 0.0759 e. The van der Waals surface area contributed by atoms with Crippen LogP contribution in [-0.2, 0) is 0 Å². The van der Waals surface area contributed by atoms with Gasteiger partial charge in [-0.1, -0.05) is 19.8 Å². The molecule has 0 fully saturated rings. The van der Waals surface area contributed by atoms with E-state index in [0.29, 0.717) is 12.2 Å². The molecule has 0 radical (unpaired) electrons. The number of hydrogen-bond acceptors (Lipinski definition) is 3. The maximum atomic E-state index is 8.17. The van der Waals surface area contributed by atoms with Crippen molar-refractivity contribution in [2.24, 2.45) is 0 Å². The van der Waals surface area contributed by atoms with Gasteiger partial charge in [0.15, 0.2) is 0 Å². The van der Waals surface area contributed by atoms with Gasteiger partial charge in [-0.05, 0) is 6.42 Å². The van der Waals surface area contributed by atoms with Crippen LogP contribution in [0.25, 0.3) is 0 Å². The van der Waals surface area contributed by atoms with Crippen LogP contribution in [0, 0.1) is 0 Å². The molecular formula is C5H13NOS. The molecular weight excluding hydrogens is 122 g/mol. The average molecular weight is 135 g/mol. The lowest BCUT2D eigenvalue weighted by atomic mass is 10.3. The van der Waals surface area contributed by atoms with E-state index in [2.05, 4.69) is 11.6 Å². The molecule has 0 saturated carbocycles. The maximum absolute atomic E-state index is 8.17. The molecule has 0 aromatic rings. The van der Waals surface area contributed by atoms with Gasteiger partial charge in [-0.25, -0.2) is 4.72 Å². The molecule has 0 aromatic heterocycles. The van der Waals surface area contributed by atoms with Gasteiger partial charge in [0, 0.05) is 6.54 Å². The second-order valence-electron chi connectivity index (χ2n) is 1.69. The van der Waals surface area contributed by atoms with Crippen molar-refractivity contribution in [3.05, 3.63) is 0 Å². The largest absolute Gasteiger partial charge is 0.317 e. The first-order valence-corrected chi connectivity index (χ1v) is 3.72. The number of hydrogen-bond donors (Lipinski definition) is 2.